The molecule has 0 atom stereocenters. The Bertz CT molecular complexity index is 898. The van der Waals surface area contributed by atoms with Crippen LogP contribution in [0.5, 0.6) is 5.75 Å². The van der Waals surface area contributed by atoms with E-state index >= 15 is 0 Å². The van der Waals surface area contributed by atoms with Gasteiger partial charge < -0.3 is 4.74 Å². The number of alkyl halides is 3. The van der Waals surface area contributed by atoms with Crippen molar-refractivity contribution in [2.24, 2.45) is 0 Å². The molecule has 6 heteroatoms. The van der Waals surface area contributed by atoms with Crippen molar-refractivity contribution in [2.75, 3.05) is 7.11 Å². The van der Waals surface area contributed by atoms with Gasteiger partial charge in [-0.1, -0.05) is 18.2 Å². The number of methoxy groups -OCH3 is 1. The summed E-state index contributed by atoms with van der Waals surface area (Å²) < 4.78 is 43.3. The second-order valence-corrected chi connectivity index (χ2v) is 6.63. The van der Waals surface area contributed by atoms with Gasteiger partial charge in [0, 0.05) is 22.4 Å². The summed E-state index contributed by atoms with van der Waals surface area (Å²) in [6.07, 6.45) is -4.37. The van der Waals surface area contributed by atoms with Gasteiger partial charge in [-0.25, -0.2) is 0 Å². The molecule has 0 aliphatic heterocycles. The molecule has 0 bridgehead atoms. The molecule has 0 saturated carbocycles. The molecular weight excluding hydrogens is 361 g/mol. The van der Waals surface area contributed by atoms with Crippen LogP contribution in [-0.2, 0) is 12.6 Å². The predicted octanol–water partition coefficient (Wildman–Crippen LogP) is 5.87. The molecule has 0 aliphatic rings. The Morgan fingerprint density at radius 1 is 1.08 bits per heavy atom. The van der Waals surface area contributed by atoms with E-state index in [9.17, 15) is 18.0 Å². The fraction of sp³-hybridized carbons (Fsp3) is 0.150. The van der Waals surface area contributed by atoms with Gasteiger partial charge in [0.1, 0.15) is 5.75 Å². The maximum atomic E-state index is 12.6. The SMILES string of the molecule is COc1ccc(-c2cccs2)cc1CC(=O)c1ccc(C(F)(F)F)cc1. The number of ketones is 1. The van der Waals surface area contributed by atoms with E-state index in [0.717, 1.165) is 22.6 Å². The summed E-state index contributed by atoms with van der Waals surface area (Å²) in [4.78, 5) is 13.6. The lowest BCUT2D eigenvalue weighted by Gasteiger charge is -2.11. The highest BCUT2D eigenvalue weighted by Crippen LogP contribution is 2.31. The molecule has 2 nitrogen and oxygen atoms in total. The van der Waals surface area contributed by atoms with Crippen LogP contribution in [0.1, 0.15) is 21.5 Å². The maximum Gasteiger partial charge on any atom is 0.416 e. The van der Waals surface area contributed by atoms with Gasteiger partial charge in [-0.05, 0) is 47.3 Å². The van der Waals surface area contributed by atoms with Crippen LogP contribution < -0.4 is 4.74 Å². The monoisotopic (exact) mass is 376 g/mol. The standard InChI is InChI=1S/C20H15F3O2S/c1-25-18-9-6-14(19-3-2-10-26-19)11-15(18)12-17(24)13-4-7-16(8-5-13)20(21,22)23/h2-11H,12H2,1H3. The number of hydrogen-bond donors (Lipinski definition) is 0. The molecule has 0 radical (unpaired) electrons. The number of benzene rings is 2. The smallest absolute Gasteiger partial charge is 0.416 e. The van der Waals surface area contributed by atoms with Crippen LogP contribution in [0.4, 0.5) is 13.2 Å². The van der Waals surface area contributed by atoms with Crippen molar-refractivity contribution < 1.29 is 22.7 Å². The third-order valence-electron chi connectivity index (χ3n) is 3.97. The van der Waals surface area contributed by atoms with Crippen molar-refractivity contribution >= 4 is 17.1 Å². The number of ether oxygens (including phenoxy) is 1. The molecule has 3 rings (SSSR count). The van der Waals surface area contributed by atoms with Gasteiger partial charge in [-0.3, -0.25) is 4.79 Å². The van der Waals surface area contributed by atoms with Gasteiger partial charge in [0.2, 0.25) is 0 Å². The summed E-state index contributed by atoms with van der Waals surface area (Å²) in [5, 5.41) is 1.96. The lowest BCUT2D eigenvalue weighted by Crippen LogP contribution is -2.08. The molecule has 0 spiro atoms. The Morgan fingerprint density at radius 2 is 1.81 bits per heavy atom. The molecule has 1 heterocycles. The summed E-state index contributed by atoms with van der Waals surface area (Å²) in [5.74, 6) is 0.311. The first-order valence-electron chi connectivity index (χ1n) is 7.80. The molecule has 26 heavy (non-hydrogen) atoms. The minimum atomic E-state index is -4.42. The van der Waals surface area contributed by atoms with E-state index in [-0.39, 0.29) is 17.8 Å². The molecule has 1 aromatic heterocycles. The summed E-state index contributed by atoms with van der Waals surface area (Å²) in [6, 6.07) is 13.8. The number of carbonyl (C=O) groups is 1. The van der Waals surface area contributed by atoms with Crippen LogP contribution in [0, 0.1) is 0 Å². The first-order valence-corrected chi connectivity index (χ1v) is 8.67. The molecule has 0 amide bonds. The van der Waals surface area contributed by atoms with Crippen molar-refractivity contribution in [3.63, 3.8) is 0 Å². The molecule has 0 fully saturated rings. The molecule has 0 aliphatic carbocycles. The van der Waals surface area contributed by atoms with Gasteiger partial charge in [-0.2, -0.15) is 13.2 Å². The summed E-state index contributed by atoms with van der Waals surface area (Å²) in [6.45, 7) is 0. The molecule has 0 saturated heterocycles. The zero-order valence-electron chi connectivity index (χ0n) is 13.8. The molecule has 2 aromatic carbocycles. The van der Waals surface area contributed by atoms with Crippen molar-refractivity contribution in [1.82, 2.24) is 0 Å². The van der Waals surface area contributed by atoms with Crippen LogP contribution >= 0.6 is 11.3 Å². The van der Waals surface area contributed by atoms with Crippen LogP contribution in [0.25, 0.3) is 10.4 Å². The number of thiophene rings is 1. The van der Waals surface area contributed by atoms with E-state index in [4.69, 9.17) is 4.74 Å². The Hall–Kier alpha value is -2.60. The highest BCUT2D eigenvalue weighted by atomic mass is 32.1. The number of hydrogen-bond acceptors (Lipinski definition) is 3. The lowest BCUT2D eigenvalue weighted by atomic mass is 9.99. The molecule has 0 unspecified atom stereocenters. The minimum Gasteiger partial charge on any atom is -0.496 e. The van der Waals surface area contributed by atoms with Gasteiger partial charge in [0.15, 0.2) is 5.78 Å². The van der Waals surface area contributed by atoms with Gasteiger partial charge in [-0.15, -0.1) is 11.3 Å². The first kappa shape index (κ1) is 18.2. The minimum absolute atomic E-state index is 0.0494. The predicted molar refractivity (Wildman–Crippen MR) is 95.8 cm³/mol. The Labute approximate surface area is 152 Å². The third kappa shape index (κ3) is 3.96. The average Bonchev–Trinajstić information content (AvgIpc) is 3.15. The van der Waals surface area contributed by atoms with E-state index in [1.807, 2.05) is 29.6 Å². The second-order valence-electron chi connectivity index (χ2n) is 5.68. The molecule has 134 valence electrons. The molecular formula is C20H15F3O2S. The highest BCUT2D eigenvalue weighted by molar-refractivity contribution is 7.13. The first-order chi connectivity index (χ1) is 12.4. The molecule has 0 N–H and O–H groups in total. The summed E-state index contributed by atoms with van der Waals surface area (Å²) in [5.41, 5.74) is 1.13. The van der Waals surface area contributed by atoms with E-state index in [0.29, 0.717) is 11.3 Å². The van der Waals surface area contributed by atoms with Crippen LogP contribution in [-0.4, -0.2) is 12.9 Å². The highest BCUT2D eigenvalue weighted by Gasteiger charge is 2.30. The maximum absolute atomic E-state index is 12.6. The largest absolute Gasteiger partial charge is 0.496 e. The van der Waals surface area contributed by atoms with Crippen LogP contribution in [0.15, 0.2) is 60.0 Å². The normalized spacial score (nSPS) is 11.4. The number of halogens is 3. The van der Waals surface area contributed by atoms with Gasteiger partial charge in [0.05, 0.1) is 12.7 Å². The fourth-order valence-electron chi connectivity index (χ4n) is 2.63. The van der Waals surface area contributed by atoms with Gasteiger partial charge >= 0.3 is 6.18 Å². The fourth-order valence-corrected chi connectivity index (χ4v) is 3.36. The molecule has 3 aromatic rings. The van der Waals surface area contributed by atoms with Gasteiger partial charge in [0.25, 0.3) is 0 Å². The Kier molecular flexibility index (Phi) is 5.13. The third-order valence-corrected chi connectivity index (χ3v) is 4.89. The number of rotatable bonds is 5. The summed E-state index contributed by atoms with van der Waals surface area (Å²) >= 11 is 1.59. The zero-order chi connectivity index (χ0) is 18.7. The average molecular weight is 376 g/mol. The zero-order valence-corrected chi connectivity index (χ0v) is 14.7. The summed E-state index contributed by atoms with van der Waals surface area (Å²) in [7, 11) is 1.52. The van der Waals surface area contributed by atoms with Crippen LogP contribution in [0.3, 0.4) is 0 Å². The van der Waals surface area contributed by atoms with Crippen molar-refractivity contribution in [1.29, 1.82) is 0 Å². The van der Waals surface area contributed by atoms with Crippen molar-refractivity contribution in [3.8, 4) is 16.2 Å². The van der Waals surface area contributed by atoms with E-state index in [1.165, 1.54) is 19.2 Å². The lowest BCUT2D eigenvalue weighted by molar-refractivity contribution is -0.137. The topological polar surface area (TPSA) is 26.3 Å². The Balaban J connectivity index is 1.85. The van der Waals surface area contributed by atoms with E-state index in [2.05, 4.69) is 0 Å². The number of carbonyl (C=O) groups excluding carboxylic acids is 1. The quantitative estimate of drug-likeness (QED) is 0.521. The Morgan fingerprint density at radius 3 is 2.38 bits per heavy atom. The number of Topliss-reactive ketones (excluding diaryl/α,β-unsaturated/α-hetero) is 1. The van der Waals surface area contributed by atoms with Crippen molar-refractivity contribution in [3.05, 3.63) is 76.7 Å². The van der Waals surface area contributed by atoms with Crippen molar-refractivity contribution in [2.45, 2.75) is 12.6 Å². The van der Waals surface area contributed by atoms with E-state index < -0.39 is 11.7 Å². The second kappa shape index (κ2) is 7.33. The van der Waals surface area contributed by atoms with E-state index in [1.54, 1.807) is 17.4 Å². The van der Waals surface area contributed by atoms with Crippen LogP contribution in [0.2, 0.25) is 0 Å².